The van der Waals surface area contributed by atoms with Gasteiger partial charge in [-0.3, -0.25) is 0 Å². The Morgan fingerprint density at radius 1 is 1.12 bits per heavy atom. The summed E-state index contributed by atoms with van der Waals surface area (Å²) in [6, 6.07) is 1.91. The van der Waals surface area contributed by atoms with Crippen molar-refractivity contribution in [2.45, 2.75) is 38.5 Å². The molecule has 4 aliphatic carbocycles. The van der Waals surface area contributed by atoms with Gasteiger partial charge in [0.25, 0.3) is 0 Å². The van der Waals surface area contributed by atoms with Crippen LogP contribution in [0.1, 0.15) is 37.8 Å². The summed E-state index contributed by atoms with van der Waals surface area (Å²) < 4.78 is 4.99. The Morgan fingerprint density at radius 2 is 1.76 bits per heavy atom. The number of nitrogens with zero attached hydrogens (tertiary/aromatic N) is 1. The molecule has 3 heteroatoms. The zero-order valence-corrected chi connectivity index (χ0v) is 10.1. The van der Waals surface area contributed by atoms with E-state index in [9.17, 15) is 0 Å². The van der Waals surface area contributed by atoms with Crippen molar-refractivity contribution in [3.8, 4) is 0 Å². The zero-order valence-electron chi connectivity index (χ0n) is 10.1. The van der Waals surface area contributed by atoms with E-state index in [1.54, 1.807) is 0 Å². The summed E-state index contributed by atoms with van der Waals surface area (Å²) in [6.07, 6.45) is 8.53. The average molecular weight is 232 g/mol. The molecule has 0 aliphatic heterocycles. The fourth-order valence-corrected chi connectivity index (χ4v) is 5.04. The maximum atomic E-state index is 5.60. The lowest BCUT2D eigenvalue weighted by molar-refractivity contribution is -0.0365. The van der Waals surface area contributed by atoms with Gasteiger partial charge in [-0.05, 0) is 68.1 Å². The van der Waals surface area contributed by atoms with E-state index in [2.05, 4.69) is 5.16 Å². The fourth-order valence-electron chi connectivity index (χ4n) is 5.04. The van der Waals surface area contributed by atoms with Crippen molar-refractivity contribution in [1.29, 1.82) is 0 Å². The van der Waals surface area contributed by atoms with Crippen molar-refractivity contribution in [3.63, 3.8) is 0 Å². The van der Waals surface area contributed by atoms with Crippen LogP contribution >= 0.6 is 0 Å². The van der Waals surface area contributed by atoms with Crippen molar-refractivity contribution >= 4 is 5.88 Å². The highest BCUT2D eigenvalue weighted by molar-refractivity contribution is 5.24. The van der Waals surface area contributed by atoms with Gasteiger partial charge in [0.05, 0.1) is 5.69 Å². The molecule has 4 fully saturated rings. The number of nitrogens with two attached hydrogens (primary N) is 1. The lowest BCUT2D eigenvalue weighted by atomic mass is 9.51. The summed E-state index contributed by atoms with van der Waals surface area (Å²) in [4.78, 5) is 0. The highest BCUT2D eigenvalue weighted by Gasteiger charge is 2.48. The molecule has 0 atom stereocenters. The first-order valence-corrected chi connectivity index (χ1v) is 6.99. The molecule has 1 aromatic rings. The maximum absolute atomic E-state index is 5.60. The lowest BCUT2D eigenvalue weighted by Gasteiger charge is -2.54. The predicted octanol–water partition coefficient (Wildman–Crippen LogP) is 2.87. The minimum Gasteiger partial charge on any atom is -0.368 e. The number of aromatic nitrogens is 1. The lowest BCUT2D eigenvalue weighted by Crippen LogP contribution is -2.45. The standard InChI is InChI=1S/C14H20N2O/c15-14-7-12(16-17-14)6-13-10-2-8-1-9(4-10)5-11(13)3-8/h7-11,13H,1-6,15H2. The molecule has 0 saturated heterocycles. The number of rotatable bonds is 2. The van der Waals surface area contributed by atoms with E-state index >= 15 is 0 Å². The third-order valence-corrected chi connectivity index (χ3v) is 5.44. The minimum absolute atomic E-state index is 0.462. The summed E-state index contributed by atoms with van der Waals surface area (Å²) in [5.41, 5.74) is 6.67. The van der Waals surface area contributed by atoms with Gasteiger partial charge in [-0.1, -0.05) is 5.16 Å². The maximum Gasteiger partial charge on any atom is 0.222 e. The minimum atomic E-state index is 0.462. The highest BCUT2D eigenvalue weighted by atomic mass is 16.5. The van der Waals surface area contributed by atoms with Gasteiger partial charge in [0.15, 0.2) is 0 Å². The molecule has 4 bridgehead atoms. The van der Waals surface area contributed by atoms with Crippen molar-refractivity contribution in [2.24, 2.45) is 29.6 Å². The molecule has 0 aromatic carbocycles. The first-order chi connectivity index (χ1) is 8.28. The number of hydrogen-bond acceptors (Lipinski definition) is 3. The van der Waals surface area contributed by atoms with Gasteiger partial charge in [0.1, 0.15) is 0 Å². The first kappa shape index (κ1) is 9.98. The van der Waals surface area contributed by atoms with Crippen LogP contribution in [0.25, 0.3) is 0 Å². The van der Waals surface area contributed by atoms with Crippen molar-refractivity contribution in [2.75, 3.05) is 5.73 Å². The second-order valence-corrected chi connectivity index (χ2v) is 6.52. The van der Waals surface area contributed by atoms with Gasteiger partial charge in [0.2, 0.25) is 5.88 Å². The van der Waals surface area contributed by atoms with E-state index in [1.807, 2.05) is 6.07 Å². The molecule has 0 unspecified atom stereocenters. The van der Waals surface area contributed by atoms with Crippen LogP contribution in [0, 0.1) is 29.6 Å². The van der Waals surface area contributed by atoms with E-state index < -0.39 is 0 Å². The van der Waals surface area contributed by atoms with Crippen LogP contribution in [-0.4, -0.2) is 5.16 Å². The fraction of sp³-hybridized carbons (Fsp3) is 0.786. The third kappa shape index (κ3) is 1.59. The Labute approximate surface area is 102 Å². The van der Waals surface area contributed by atoms with Crippen LogP contribution in [0.2, 0.25) is 0 Å². The Morgan fingerprint density at radius 3 is 2.29 bits per heavy atom. The van der Waals surface area contributed by atoms with Crippen LogP contribution in [0.15, 0.2) is 10.6 Å². The predicted molar refractivity (Wildman–Crippen MR) is 65.2 cm³/mol. The first-order valence-electron chi connectivity index (χ1n) is 6.99. The van der Waals surface area contributed by atoms with E-state index in [0.717, 1.165) is 41.7 Å². The molecule has 4 aliphatic rings. The average Bonchev–Trinajstić information content (AvgIpc) is 2.68. The quantitative estimate of drug-likeness (QED) is 0.853. The second kappa shape index (κ2) is 3.50. The topological polar surface area (TPSA) is 52.0 Å². The monoisotopic (exact) mass is 232 g/mol. The molecule has 0 amide bonds. The van der Waals surface area contributed by atoms with E-state index in [0.29, 0.717) is 5.88 Å². The summed E-state index contributed by atoms with van der Waals surface area (Å²) in [5.74, 6) is 5.34. The Bertz CT molecular complexity index is 398. The van der Waals surface area contributed by atoms with Gasteiger partial charge < -0.3 is 10.3 Å². The molecule has 2 N–H and O–H groups in total. The van der Waals surface area contributed by atoms with Gasteiger partial charge in [-0.2, -0.15) is 0 Å². The molecular weight excluding hydrogens is 212 g/mol. The molecule has 3 nitrogen and oxygen atoms in total. The van der Waals surface area contributed by atoms with Crippen LogP contribution in [0.3, 0.4) is 0 Å². The van der Waals surface area contributed by atoms with Gasteiger partial charge in [-0.15, -0.1) is 0 Å². The Balaban J connectivity index is 1.54. The SMILES string of the molecule is Nc1cc(CC2C3CC4CC(C3)CC2C4)no1. The second-order valence-electron chi connectivity index (χ2n) is 6.52. The third-order valence-electron chi connectivity index (χ3n) is 5.44. The van der Waals surface area contributed by atoms with E-state index in [1.165, 1.54) is 32.1 Å². The van der Waals surface area contributed by atoms with Gasteiger partial charge in [0, 0.05) is 6.07 Å². The molecular formula is C14H20N2O. The highest BCUT2D eigenvalue weighted by Crippen LogP contribution is 2.57. The normalized spacial score (nSPS) is 43.2. The smallest absolute Gasteiger partial charge is 0.222 e. The number of hydrogen-bond donors (Lipinski definition) is 1. The molecule has 17 heavy (non-hydrogen) atoms. The van der Waals surface area contributed by atoms with Crippen molar-refractivity contribution in [1.82, 2.24) is 5.16 Å². The van der Waals surface area contributed by atoms with Crippen molar-refractivity contribution < 1.29 is 4.52 Å². The van der Waals surface area contributed by atoms with Crippen LogP contribution in [-0.2, 0) is 6.42 Å². The Kier molecular flexibility index (Phi) is 2.06. The van der Waals surface area contributed by atoms with Crippen LogP contribution in [0.5, 0.6) is 0 Å². The summed E-state index contributed by atoms with van der Waals surface area (Å²) in [7, 11) is 0. The molecule has 92 valence electrons. The molecule has 0 radical (unpaired) electrons. The molecule has 5 rings (SSSR count). The molecule has 1 aromatic heterocycles. The summed E-state index contributed by atoms with van der Waals surface area (Å²) in [5, 5.41) is 4.07. The zero-order chi connectivity index (χ0) is 11.4. The molecule has 1 heterocycles. The van der Waals surface area contributed by atoms with E-state index in [4.69, 9.17) is 10.3 Å². The largest absolute Gasteiger partial charge is 0.368 e. The van der Waals surface area contributed by atoms with Gasteiger partial charge in [-0.25, -0.2) is 0 Å². The summed E-state index contributed by atoms with van der Waals surface area (Å²) in [6.45, 7) is 0. The van der Waals surface area contributed by atoms with Gasteiger partial charge >= 0.3 is 0 Å². The van der Waals surface area contributed by atoms with Crippen LogP contribution in [0.4, 0.5) is 5.88 Å². The Hall–Kier alpha value is -0.990. The molecule has 4 saturated carbocycles. The number of anilines is 1. The van der Waals surface area contributed by atoms with E-state index in [-0.39, 0.29) is 0 Å². The summed E-state index contributed by atoms with van der Waals surface area (Å²) >= 11 is 0. The van der Waals surface area contributed by atoms with Crippen LogP contribution < -0.4 is 5.73 Å². The number of nitrogen functional groups attached to an aromatic ring is 1. The van der Waals surface area contributed by atoms with Crippen molar-refractivity contribution in [3.05, 3.63) is 11.8 Å². The molecule has 0 spiro atoms.